The normalized spacial score (nSPS) is 18.1. The number of benzene rings is 3. The predicted octanol–water partition coefficient (Wildman–Crippen LogP) is 6.97. The van der Waals surface area contributed by atoms with Crippen molar-refractivity contribution < 1.29 is 14.0 Å². The smallest absolute Gasteiger partial charge is 0.254 e. The quantitative estimate of drug-likeness (QED) is 0.433. The first-order chi connectivity index (χ1) is 17.1. The van der Waals surface area contributed by atoms with E-state index in [1.165, 1.54) is 12.1 Å². The number of nitrogens with one attached hydrogen (secondary N) is 1. The van der Waals surface area contributed by atoms with Crippen molar-refractivity contribution in [3.05, 3.63) is 100 Å². The summed E-state index contributed by atoms with van der Waals surface area (Å²) in [5, 5.41) is 3.09. The zero-order chi connectivity index (χ0) is 26.0. The number of rotatable bonds is 4. The molecule has 1 aliphatic rings. The van der Waals surface area contributed by atoms with Gasteiger partial charge in [-0.1, -0.05) is 63.2 Å². The molecule has 0 aromatic heterocycles. The molecule has 2 unspecified atom stereocenters. The summed E-state index contributed by atoms with van der Waals surface area (Å²) in [6, 6.07) is 19.4. The van der Waals surface area contributed by atoms with Crippen molar-refractivity contribution in [1.29, 1.82) is 0 Å². The minimum atomic E-state index is -0.563. The van der Waals surface area contributed by atoms with Gasteiger partial charge in [0.05, 0.1) is 12.0 Å². The van der Waals surface area contributed by atoms with Gasteiger partial charge < -0.3 is 10.2 Å². The van der Waals surface area contributed by atoms with Crippen molar-refractivity contribution in [1.82, 2.24) is 4.90 Å². The second-order valence-corrected chi connectivity index (χ2v) is 10.8. The van der Waals surface area contributed by atoms with Crippen molar-refractivity contribution in [3.8, 4) is 0 Å². The average molecular weight is 487 g/mol. The van der Waals surface area contributed by atoms with Crippen LogP contribution in [-0.2, 0) is 10.2 Å². The van der Waals surface area contributed by atoms with Gasteiger partial charge in [-0.2, -0.15) is 0 Å². The van der Waals surface area contributed by atoms with Crippen molar-refractivity contribution in [3.63, 3.8) is 0 Å². The first-order valence-corrected chi connectivity index (χ1v) is 12.6. The fraction of sp³-hybridized carbons (Fsp3) is 0.355. The van der Waals surface area contributed by atoms with Gasteiger partial charge in [-0.25, -0.2) is 4.39 Å². The molecule has 1 N–H and O–H groups in total. The number of hydrogen-bond acceptors (Lipinski definition) is 2. The lowest BCUT2D eigenvalue weighted by Crippen LogP contribution is -2.46. The van der Waals surface area contributed by atoms with Crippen LogP contribution in [0.5, 0.6) is 0 Å². The summed E-state index contributed by atoms with van der Waals surface area (Å²) in [5.41, 5.74) is 4.87. The summed E-state index contributed by atoms with van der Waals surface area (Å²) < 4.78 is 14.3. The molecule has 3 aromatic carbocycles. The van der Waals surface area contributed by atoms with Crippen LogP contribution in [0.15, 0.2) is 66.7 Å². The van der Waals surface area contributed by atoms with Gasteiger partial charge in [0, 0.05) is 17.8 Å². The highest BCUT2D eigenvalue weighted by Gasteiger charge is 2.40. The SMILES string of the molecule is Cc1cccc(C)c1C(=O)N1CCCC(C(=O)Nc2cccc(C(C)(C)C)c2)C1c1cccc(F)c1. The fourth-order valence-electron chi connectivity index (χ4n) is 5.19. The first kappa shape index (κ1) is 25.6. The number of likely N-dealkylation sites (tertiary alicyclic amines) is 1. The van der Waals surface area contributed by atoms with Gasteiger partial charge in [0.15, 0.2) is 0 Å². The van der Waals surface area contributed by atoms with Crippen LogP contribution >= 0.6 is 0 Å². The molecular weight excluding hydrogens is 451 g/mol. The maximum atomic E-state index is 14.3. The van der Waals surface area contributed by atoms with Crippen molar-refractivity contribution in [2.75, 3.05) is 11.9 Å². The largest absolute Gasteiger partial charge is 0.331 e. The van der Waals surface area contributed by atoms with Gasteiger partial charge in [-0.05, 0) is 78.6 Å². The zero-order valence-electron chi connectivity index (χ0n) is 21.8. The molecule has 4 nitrogen and oxygen atoms in total. The fourth-order valence-corrected chi connectivity index (χ4v) is 5.19. The molecule has 1 aliphatic heterocycles. The third-order valence-corrected chi connectivity index (χ3v) is 7.11. The van der Waals surface area contributed by atoms with Gasteiger partial charge >= 0.3 is 0 Å². The second kappa shape index (κ2) is 10.3. The summed E-state index contributed by atoms with van der Waals surface area (Å²) in [7, 11) is 0. The minimum absolute atomic E-state index is 0.0513. The highest BCUT2D eigenvalue weighted by molar-refractivity contribution is 5.99. The number of nitrogens with zero attached hydrogens (tertiary/aromatic N) is 1. The first-order valence-electron chi connectivity index (χ1n) is 12.6. The predicted molar refractivity (Wildman–Crippen MR) is 143 cm³/mol. The Balaban J connectivity index is 1.71. The van der Waals surface area contributed by atoms with E-state index in [2.05, 4.69) is 32.2 Å². The monoisotopic (exact) mass is 486 g/mol. The number of piperidine rings is 1. The number of amides is 2. The van der Waals surface area contributed by atoms with E-state index >= 15 is 0 Å². The molecule has 0 saturated carbocycles. The third kappa shape index (κ3) is 5.35. The number of halogens is 1. The molecule has 2 amide bonds. The van der Waals surface area contributed by atoms with Crippen LogP contribution in [0.1, 0.15) is 72.3 Å². The van der Waals surface area contributed by atoms with E-state index < -0.39 is 12.0 Å². The lowest BCUT2D eigenvalue weighted by Gasteiger charge is -2.41. The molecule has 188 valence electrons. The Kier molecular flexibility index (Phi) is 7.30. The Hall–Kier alpha value is -3.47. The second-order valence-electron chi connectivity index (χ2n) is 10.8. The number of carbonyl (C=O) groups is 2. The Morgan fingerprint density at radius 3 is 2.28 bits per heavy atom. The molecule has 5 heteroatoms. The Labute approximate surface area is 213 Å². The van der Waals surface area contributed by atoms with Gasteiger partial charge in [0.25, 0.3) is 5.91 Å². The highest BCUT2D eigenvalue weighted by Crippen LogP contribution is 2.39. The van der Waals surface area contributed by atoms with Crippen molar-refractivity contribution in [2.24, 2.45) is 5.92 Å². The van der Waals surface area contributed by atoms with Crippen molar-refractivity contribution >= 4 is 17.5 Å². The molecule has 4 rings (SSSR count). The number of aryl methyl sites for hydroxylation is 2. The summed E-state index contributed by atoms with van der Waals surface area (Å²) in [5.74, 6) is -1.16. The van der Waals surface area contributed by atoms with Crippen LogP contribution in [0.2, 0.25) is 0 Å². The van der Waals surface area contributed by atoms with E-state index in [1.807, 2.05) is 56.3 Å². The molecule has 0 spiro atoms. The van der Waals surface area contributed by atoms with Crippen molar-refractivity contribution in [2.45, 2.75) is 58.9 Å². The van der Waals surface area contributed by atoms with Crippen LogP contribution in [0.4, 0.5) is 10.1 Å². The van der Waals surface area contributed by atoms with Crippen LogP contribution in [-0.4, -0.2) is 23.3 Å². The van der Waals surface area contributed by atoms with Gasteiger partial charge in [-0.15, -0.1) is 0 Å². The van der Waals surface area contributed by atoms with Crippen LogP contribution in [0, 0.1) is 25.6 Å². The maximum absolute atomic E-state index is 14.3. The van der Waals surface area contributed by atoms with Gasteiger partial charge in [0.1, 0.15) is 5.82 Å². The minimum Gasteiger partial charge on any atom is -0.331 e. The summed E-state index contributed by atoms with van der Waals surface area (Å²) in [6.45, 7) is 10.8. The van der Waals surface area contributed by atoms with E-state index in [-0.39, 0.29) is 23.0 Å². The molecule has 36 heavy (non-hydrogen) atoms. The molecule has 3 aromatic rings. The maximum Gasteiger partial charge on any atom is 0.254 e. The summed E-state index contributed by atoms with van der Waals surface area (Å²) in [6.07, 6.45) is 1.31. The van der Waals surface area contributed by atoms with Crippen LogP contribution in [0.25, 0.3) is 0 Å². The lowest BCUT2D eigenvalue weighted by atomic mass is 9.83. The standard InChI is InChI=1S/C31H35FN2O2/c1-20-10-6-11-21(2)27(20)30(36)34-17-9-16-26(28(34)22-12-7-14-24(32)18-22)29(35)33-25-15-8-13-23(19-25)31(3,4)5/h6-8,10-15,18-19,26,28H,9,16-17H2,1-5H3,(H,33,35). The Morgan fingerprint density at radius 1 is 0.944 bits per heavy atom. The molecule has 0 aliphatic carbocycles. The molecule has 1 saturated heterocycles. The van der Waals surface area contributed by atoms with Gasteiger partial charge in [0.2, 0.25) is 5.91 Å². The van der Waals surface area contributed by atoms with E-state index in [0.29, 0.717) is 30.5 Å². The number of carbonyl (C=O) groups excluding carboxylic acids is 2. The van der Waals surface area contributed by atoms with E-state index in [1.54, 1.807) is 11.0 Å². The molecule has 0 radical (unpaired) electrons. The number of anilines is 1. The number of hydrogen-bond donors (Lipinski definition) is 1. The summed E-state index contributed by atoms with van der Waals surface area (Å²) >= 11 is 0. The lowest BCUT2D eigenvalue weighted by molar-refractivity contribution is -0.123. The Morgan fingerprint density at radius 2 is 1.61 bits per heavy atom. The zero-order valence-corrected chi connectivity index (χ0v) is 21.8. The molecule has 0 bridgehead atoms. The van der Waals surface area contributed by atoms with E-state index in [4.69, 9.17) is 0 Å². The average Bonchev–Trinajstić information content (AvgIpc) is 2.83. The third-order valence-electron chi connectivity index (χ3n) is 7.11. The molecule has 1 heterocycles. The van der Waals surface area contributed by atoms with Gasteiger partial charge in [-0.3, -0.25) is 9.59 Å². The molecular formula is C31H35FN2O2. The van der Waals surface area contributed by atoms with E-state index in [9.17, 15) is 14.0 Å². The molecule has 2 atom stereocenters. The Bertz CT molecular complexity index is 1260. The topological polar surface area (TPSA) is 49.4 Å². The van der Waals surface area contributed by atoms with Crippen LogP contribution in [0.3, 0.4) is 0 Å². The van der Waals surface area contributed by atoms with E-state index in [0.717, 1.165) is 22.4 Å². The summed E-state index contributed by atoms with van der Waals surface area (Å²) in [4.78, 5) is 29.4. The highest BCUT2D eigenvalue weighted by atomic mass is 19.1. The van der Waals surface area contributed by atoms with Crippen LogP contribution < -0.4 is 5.32 Å². The molecule has 1 fully saturated rings.